The molecule has 1 N–H and O–H groups in total. The molecule has 0 atom stereocenters. The van der Waals surface area contributed by atoms with Crippen molar-refractivity contribution in [3.8, 4) is 11.3 Å². The smallest absolute Gasteiger partial charge is 0.254 e. The molecule has 0 bridgehead atoms. The van der Waals surface area contributed by atoms with Crippen LogP contribution in [0.1, 0.15) is 5.56 Å². The summed E-state index contributed by atoms with van der Waals surface area (Å²) in [5, 5.41) is 7.67. The molecule has 0 fully saturated rings. The summed E-state index contributed by atoms with van der Waals surface area (Å²) in [4.78, 5) is 12.9. The van der Waals surface area contributed by atoms with Crippen molar-refractivity contribution in [3.05, 3.63) is 72.8 Å². The lowest BCUT2D eigenvalue weighted by molar-refractivity contribution is 0.912. The first-order valence-corrected chi connectivity index (χ1v) is 7.79. The van der Waals surface area contributed by atoms with E-state index in [1.54, 1.807) is 10.7 Å². The minimum atomic E-state index is 0.584. The third kappa shape index (κ3) is 2.94. The summed E-state index contributed by atoms with van der Waals surface area (Å²) < 4.78 is 1.72. The zero-order valence-electron chi connectivity index (χ0n) is 13.0. The van der Waals surface area contributed by atoms with Crippen LogP contribution in [0.25, 0.3) is 17.0 Å². The van der Waals surface area contributed by atoms with E-state index in [1.807, 2.05) is 48.7 Å². The Bertz CT molecular complexity index is 934. The second-order valence-corrected chi connectivity index (χ2v) is 5.40. The van der Waals surface area contributed by atoms with Crippen LogP contribution >= 0.6 is 0 Å². The zero-order valence-corrected chi connectivity index (χ0v) is 13.0. The summed E-state index contributed by atoms with van der Waals surface area (Å²) >= 11 is 0. The maximum Gasteiger partial charge on any atom is 0.254 e. The summed E-state index contributed by atoms with van der Waals surface area (Å²) in [6.07, 6.45) is 6.07. The van der Waals surface area contributed by atoms with Gasteiger partial charge in [-0.05, 0) is 18.1 Å². The second-order valence-electron chi connectivity index (χ2n) is 5.40. The lowest BCUT2D eigenvalue weighted by Gasteiger charge is -2.10. The fraction of sp³-hybridized carbons (Fsp3) is 0.111. The maximum atomic E-state index is 4.57. The van der Waals surface area contributed by atoms with Gasteiger partial charge in [-0.3, -0.25) is 4.98 Å². The molecule has 1 aromatic carbocycles. The molecule has 0 aliphatic carbocycles. The van der Waals surface area contributed by atoms with Gasteiger partial charge >= 0.3 is 0 Å². The van der Waals surface area contributed by atoms with Crippen molar-refractivity contribution in [2.24, 2.45) is 0 Å². The Morgan fingerprint density at radius 3 is 2.79 bits per heavy atom. The molecule has 0 unspecified atom stereocenters. The lowest BCUT2D eigenvalue weighted by Crippen LogP contribution is -2.10. The summed E-state index contributed by atoms with van der Waals surface area (Å²) in [6, 6.07) is 16.1. The first-order chi connectivity index (χ1) is 11.9. The Morgan fingerprint density at radius 2 is 1.96 bits per heavy atom. The summed E-state index contributed by atoms with van der Waals surface area (Å²) in [6.45, 7) is 0.777. The predicted molar refractivity (Wildman–Crippen MR) is 92.6 cm³/mol. The highest BCUT2D eigenvalue weighted by Gasteiger charge is 2.08. The molecular weight excluding hydrogens is 300 g/mol. The minimum absolute atomic E-state index is 0.584. The van der Waals surface area contributed by atoms with Crippen LogP contribution in [0.4, 0.5) is 5.82 Å². The van der Waals surface area contributed by atoms with Crippen molar-refractivity contribution in [2.45, 2.75) is 6.42 Å². The van der Waals surface area contributed by atoms with Crippen molar-refractivity contribution in [3.63, 3.8) is 0 Å². The SMILES string of the molecule is c1ccc(-c2cc(NCCc3cccnc3)n3ncnc3n2)cc1. The molecule has 0 aliphatic rings. The van der Waals surface area contributed by atoms with E-state index in [9.17, 15) is 0 Å². The lowest BCUT2D eigenvalue weighted by atomic mass is 10.1. The molecule has 6 nitrogen and oxygen atoms in total. The zero-order chi connectivity index (χ0) is 16.2. The molecule has 0 saturated carbocycles. The third-order valence-corrected chi connectivity index (χ3v) is 3.76. The number of hydrogen-bond donors (Lipinski definition) is 1. The van der Waals surface area contributed by atoms with Crippen molar-refractivity contribution in [1.82, 2.24) is 24.6 Å². The van der Waals surface area contributed by atoms with E-state index in [4.69, 9.17) is 0 Å². The van der Waals surface area contributed by atoms with E-state index in [-0.39, 0.29) is 0 Å². The van der Waals surface area contributed by atoms with Crippen molar-refractivity contribution in [2.75, 3.05) is 11.9 Å². The molecule has 24 heavy (non-hydrogen) atoms. The molecule has 0 radical (unpaired) electrons. The molecule has 0 saturated heterocycles. The number of rotatable bonds is 5. The van der Waals surface area contributed by atoms with Gasteiger partial charge in [0.1, 0.15) is 12.1 Å². The van der Waals surface area contributed by atoms with Gasteiger partial charge in [0.25, 0.3) is 5.78 Å². The van der Waals surface area contributed by atoms with E-state index >= 15 is 0 Å². The first-order valence-electron chi connectivity index (χ1n) is 7.79. The number of anilines is 1. The van der Waals surface area contributed by atoms with Gasteiger partial charge in [-0.1, -0.05) is 36.4 Å². The molecule has 6 heteroatoms. The first kappa shape index (κ1) is 14.3. The van der Waals surface area contributed by atoms with Crippen LogP contribution < -0.4 is 5.32 Å². The van der Waals surface area contributed by atoms with Crippen LogP contribution in [-0.4, -0.2) is 31.1 Å². The number of benzene rings is 1. The Kier molecular flexibility index (Phi) is 3.85. The van der Waals surface area contributed by atoms with Crippen LogP contribution in [0.15, 0.2) is 67.3 Å². The molecule has 3 heterocycles. The molecule has 0 aliphatic heterocycles. The van der Waals surface area contributed by atoms with Crippen LogP contribution in [0.2, 0.25) is 0 Å². The average molecular weight is 316 g/mol. The molecule has 118 valence electrons. The van der Waals surface area contributed by atoms with Gasteiger partial charge < -0.3 is 5.32 Å². The molecule has 0 amide bonds. The van der Waals surface area contributed by atoms with Crippen LogP contribution in [0.3, 0.4) is 0 Å². The third-order valence-electron chi connectivity index (χ3n) is 3.76. The molecular formula is C18H16N6. The fourth-order valence-electron chi connectivity index (χ4n) is 2.58. The highest BCUT2D eigenvalue weighted by Crippen LogP contribution is 2.21. The number of pyridine rings is 1. The fourth-order valence-corrected chi connectivity index (χ4v) is 2.58. The van der Waals surface area contributed by atoms with E-state index in [1.165, 1.54) is 11.9 Å². The molecule has 4 aromatic rings. The topological polar surface area (TPSA) is 68.0 Å². The van der Waals surface area contributed by atoms with Crippen LogP contribution in [0, 0.1) is 0 Å². The molecule has 0 spiro atoms. The molecule has 3 aromatic heterocycles. The average Bonchev–Trinajstić information content (AvgIpc) is 3.12. The van der Waals surface area contributed by atoms with Crippen molar-refractivity contribution in [1.29, 1.82) is 0 Å². The van der Waals surface area contributed by atoms with Gasteiger partial charge in [0.05, 0.1) is 5.69 Å². The van der Waals surface area contributed by atoms with Crippen LogP contribution in [0.5, 0.6) is 0 Å². The van der Waals surface area contributed by atoms with Crippen LogP contribution in [-0.2, 0) is 6.42 Å². The number of nitrogens with one attached hydrogen (secondary N) is 1. The highest BCUT2D eigenvalue weighted by molar-refractivity contribution is 5.65. The highest BCUT2D eigenvalue weighted by atomic mass is 15.3. The normalized spacial score (nSPS) is 10.8. The Morgan fingerprint density at radius 1 is 1.04 bits per heavy atom. The monoisotopic (exact) mass is 316 g/mol. The van der Waals surface area contributed by atoms with Crippen molar-refractivity contribution >= 4 is 11.6 Å². The largest absolute Gasteiger partial charge is 0.370 e. The van der Waals surface area contributed by atoms with Gasteiger partial charge in [-0.15, -0.1) is 0 Å². The number of hydrogen-bond acceptors (Lipinski definition) is 5. The molecule has 4 rings (SSSR count). The quantitative estimate of drug-likeness (QED) is 0.613. The minimum Gasteiger partial charge on any atom is -0.370 e. The summed E-state index contributed by atoms with van der Waals surface area (Å²) in [5.74, 6) is 1.46. The standard InChI is InChI=1S/C18H16N6/c1-2-6-15(7-3-1)16-11-17(24-18(23-16)21-13-22-24)20-10-8-14-5-4-9-19-12-14/h1-7,9,11-13,20H,8,10H2. The van der Waals surface area contributed by atoms with Crippen molar-refractivity contribution < 1.29 is 0 Å². The second kappa shape index (κ2) is 6.45. The number of nitrogens with zero attached hydrogens (tertiary/aromatic N) is 5. The number of fused-ring (bicyclic) bond motifs is 1. The predicted octanol–water partition coefficient (Wildman–Crippen LogP) is 2.84. The van der Waals surface area contributed by atoms with Gasteiger partial charge in [-0.2, -0.15) is 14.6 Å². The van der Waals surface area contributed by atoms with E-state index in [2.05, 4.69) is 31.4 Å². The van der Waals surface area contributed by atoms with E-state index in [0.717, 1.165) is 30.0 Å². The van der Waals surface area contributed by atoms with E-state index < -0.39 is 0 Å². The van der Waals surface area contributed by atoms with Gasteiger partial charge in [0.2, 0.25) is 0 Å². The van der Waals surface area contributed by atoms with Gasteiger partial charge in [0.15, 0.2) is 0 Å². The summed E-state index contributed by atoms with van der Waals surface area (Å²) in [7, 11) is 0. The van der Waals surface area contributed by atoms with Gasteiger partial charge in [0, 0.05) is 30.6 Å². The number of aromatic nitrogens is 5. The summed E-state index contributed by atoms with van der Waals surface area (Å²) in [5.41, 5.74) is 3.12. The Labute approximate surface area is 139 Å². The Hall–Kier alpha value is -3.28. The Balaban J connectivity index is 1.60. The maximum absolute atomic E-state index is 4.57. The van der Waals surface area contributed by atoms with Gasteiger partial charge in [-0.25, -0.2) is 4.98 Å². The van der Waals surface area contributed by atoms with E-state index in [0.29, 0.717) is 5.78 Å².